The minimum Gasteiger partial charge on any atom is -0.455 e. The molecule has 1 heterocycles. The summed E-state index contributed by atoms with van der Waals surface area (Å²) in [4.78, 5) is 16.3. The number of hydrogen-bond donors (Lipinski definition) is 0. The number of Topliss-reactive ketones (excluding diaryl/α,β-unsaturated/α-hetero) is 1. The maximum Gasteiger partial charge on any atom is 0.229 e. The summed E-state index contributed by atoms with van der Waals surface area (Å²) in [6, 6.07) is 6.91. The van der Waals surface area contributed by atoms with Crippen molar-refractivity contribution in [1.29, 1.82) is 5.26 Å². The molecule has 6 nitrogen and oxygen atoms in total. The van der Waals surface area contributed by atoms with E-state index in [1.54, 1.807) is 25.1 Å². The Hall–Kier alpha value is -2.48. The van der Waals surface area contributed by atoms with Crippen molar-refractivity contribution in [2.45, 2.75) is 19.8 Å². The highest BCUT2D eigenvalue weighted by Gasteiger charge is 2.33. The summed E-state index contributed by atoms with van der Waals surface area (Å²) in [6.07, 6.45) is 3.82. The second-order valence-corrected chi connectivity index (χ2v) is 8.18. The zero-order chi connectivity index (χ0) is 18.0. The fourth-order valence-electron chi connectivity index (χ4n) is 2.95. The predicted octanol–water partition coefficient (Wildman–Crippen LogP) is 3.44. The number of fused-ring (bicyclic) bond motifs is 1. The van der Waals surface area contributed by atoms with Crippen LogP contribution in [0.25, 0.3) is 0 Å². The van der Waals surface area contributed by atoms with Crippen molar-refractivity contribution in [1.82, 2.24) is 4.98 Å². The standard InChI is InChI=1S/C18H17N2O4P/c1-3-23-25(2,22)17-7-6-16(14-4-5-15(21)18(14)17)24-13-8-12(9-19)10-20-11-13/h6-8,10-11H,3-5H2,1-2H3. The van der Waals surface area contributed by atoms with Crippen molar-refractivity contribution in [3.8, 4) is 17.6 Å². The molecule has 25 heavy (non-hydrogen) atoms. The summed E-state index contributed by atoms with van der Waals surface area (Å²) in [6.45, 7) is 3.60. The second kappa shape index (κ2) is 6.79. The minimum atomic E-state index is -3.07. The number of benzene rings is 1. The first-order valence-electron chi connectivity index (χ1n) is 7.91. The molecular weight excluding hydrogens is 339 g/mol. The predicted molar refractivity (Wildman–Crippen MR) is 92.9 cm³/mol. The van der Waals surface area contributed by atoms with Crippen LogP contribution in [0.2, 0.25) is 0 Å². The lowest BCUT2D eigenvalue weighted by molar-refractivity contribution is 0.0995. The molecule has 0 bridgehead atoms. The highest BCUT2D eigenvalue weighted by molar-refractivity contribution is 7.66. The molecule has 0 saturated carbocycles. The fraction of sp³-hybridized carbons (Fsp3) is 0.278. The Morgan fingerprint density at radius 3 is 2.84 bits per heavy atom. The van der Waals surface area contributed by atoms with Crippen LogP contribution >= 0.6 is 7.37 Å². The molecule has 0 radical (unpaired) electrons. The number of pyridine rings is 1. The number of ether oxygens (including phenoxy) is 1. The first-order chi connectivity index (χ1) is 12.0. The molecule has 128 valence electrons. The Balaban J connectivity index is 2.05. The summed E-state index contributed by atoms with van der Waals surface area (Å²) in [5.41, 5.74) is 1.56. The molecule has 0 amide bonds. The first-order valence-corrected chi connectivity index (χ1v) is 9.98. The van der Waals surface area contributed by atoms with Gasteiger partial charge in [-0.05, 0) is 25.5 Å². The van der Waals surface area contributed by atoms with Gasteiger partial charge in [0, 0.05) is 41.8 Å². The van der Waals surface area contributed by atoms with E-state index < -0.39 is 7.37 Å². The van der Waals surface area contributed by atoms with Crippen LogP contribution in [-0.2, 0) is 15.5 Å². The molecule has 1 aliphatic rings. The van der Waals surface area contributed by atoms with Gasteiger partial charge >= 0.3 is 0 Å². The molecule has 0 N–H and O–H groups in total. The van der Waals surface area contributed by atoms with Crippen molar-refractivity contribution in [2.75, 3.05) is 13.3 Å². The first kappa shape index (κ1) is 17.3. The molecule has 0 spiro atoms. The molecule has 0 saturated heterocycles. The van der Waals surface area contributed by atoms with Crippen molar-refractivity contribution in [2.24, 2.45) is 0 Å². The fourth-order valence-corrected chi connectivity index (χ4v) is 4.59. The van der Waals surface area contributed by atoms with Crippen LogP contribution in [0.4, 0.5) is 0 Å². The monoisotopic (exact) mass is 356 g/mol. The molecule has 1 aromatic heterocycles. The van der Waals surface area contributed by atoms with E-state index in [4.69, 9.17) is 14.5 Å². The molecule has 1 aromatic carbocycles. The average molecular weight is 356 g/mol. The summed E-state index contributed by atoms with van der Waals surface area (Å²) in [5.74, 6) is 0.872. The third-order valence-corrected chi connectivity index (χ3v) is 6.01. The van der Waals surface area contributed by atoms with Crippen molar-refractivity contribution in [3.63, 3.8) is 0 Å². The Labute approximate surface area is 145 Å². The van der Waals surface area contributed by atoms with Crippen LogP contribution in [0.5, 0.6) is 11.5 Å². The van der Waals surface area contributed by atoms with E-state index in [2.05, 4.69) is 4.98 Å². The van der Waals surface area contributed by atoms with Gasteiger partial charge in [-0.25, -0.2) is 0 Å². The third kappa shape index (κ3) is 3.34. The SMILES string of the molecule is CCOP(C)(=O)c1ccc(Oc2cncc(C#N)c2)c2c1C(=O)CC2. The minimum absolute atomic E-state index is 0.0545. The highest BCUT2D eigenvalue weighted by Crippen LogP contribution is 2.45. The Morgan fingerprint density at radius 2 is 2.12 bits per heavy atom. The van der Waals surface area contributed by atoms with E-state index in [0.29, 0.717) is 47.4 Å². The van der Waals surface area contributed by atoms with E-state index in [9.17, 15) is 9.36 Å². The quantitative estimate of drug-likeness (QED) is 0.763. The number of ketones is 1. The van der Waals surface area contributed by atoms with Gasteiger partial charge in [-0.2, -0.15) is 5.26 Å². The van der Waals surface area contributed by atoms with E-state index in [0.717, 1.165) is 5.56 Å². The van der Waals surface area contributed by atoms with Gasteiger partial charge in [0.05, 0.1) is 18.4 Å². The van der Waals surface area contributed by atoms with Crippen molar-refractivity contribution < 1.29 is 18.6 Å². The van der Waals surface area contributed by atoms with Gasteiger partial charge in [0.25, 0.3) is 0 Å². The lowest BCUT2D eigenvalue weighted by atomic mass is 10.1. The van der Waals surface area contributed by atoms with Crippen LogP contribution < -0.4 is 10.0 Å². The summed E-state index contributed by atoms with van der Waals surface area (Å²) in [5, 5.41) is 9.41. The van der Waals surface area contributed by atoms with Gasteiger partial charge in [-0.1, -0.05) is 0 Å². The number of carbonyl (C=O) groups is 1. The van der Waals surface area contributed by atoms with Gasteiger partial charge in [-0.15, -0.1) is 0 Å². The van der Waals surface area contributed by atoms with Crippen LogP contribution in [0.3, 0.4) is 0 Å². The maximum absolute atomic E-state index is 12.8. The molecule has 3 rings (SSSR count). The molecule has 0 aliphatic heterocycles. The van der Waals surface area contributed by atoms with E-state index >= 15 is 0 Å². The molecule has 1 unspecified atom stereocenters. The van der Waals surface area contributed by atoms with Gasteiger partial charge in [0.1, 0.15) is 17.6 Å². The third-order valence-electron chi connectivity index (χ3n) is 4.01. The second-order valence-electron chi connectivity index (χ2n) is 5.75. The van der Waals surface area contributed by atoms with E-state index in [1.807, 2.05) is 6.07 Å². The van der Waals surface area contributed by atoms with Crippen LogP contribution in [0, 0.1) is 11.3 Å². The zero-order valence-corrected chi connectivity index (χ0v) is 14.9. The van der Waals surface area contributed by atoms with Crippen LogP contribution in [-0.4, -0.2) is 24.0 Å². The molecule has 2 aromatic rings. The zero-order valence-electron chi connectivity index (χ0n) is 14.0. The number of aromatic nitrogens is 1. The van der Waals surface area contributed by atoms with Crippen LogP contribution in [0.15, 0.2) is 30.6 Å². The maximum atomic E-state index is 12.8. The molecular formula is C18H17N2O4P. The lowest BCUT2D eigenvalue weighted by Crippen LogP contribution is -2.16. The number of carbonyl (C=O) groups excluding carboxylic acids is 1. The summed E-state index contributed by atoms with van der Waals surface area (Å²) >= 11 is 0. The largest absolute Gasteiger partial charge is 0.455 e. The number of hydrogen-bond acceptors (Lipinski definition) is 6. The molecule has 0 fully saturated rings. The van der Waals surface area contributed by atoms with E-state index in [-0.39, 0.29) is 5.78 Å². The Morgan fingerprint density at radius 1 is 1.32 bits per heavy atom. The normalized spacial score (nSPS) is 15.3. The van der Waals surface area contributed by atoms with Gasteiger partial charge < -0.3 is 9.26 Å². The average Bonchev–Trinajstić information content (AvgIpc) is 2.97. The van der Waals surface area contributed by atoms with Crippen molar-refractivity contribution >= 4 is 18.5 Å². The summed E-state index contributed by atoms with van der Waals surface area (Å²) in [7, 11) is -3.07. The Kier molecular flexibility index (Phi) is 4.71. The smallest absolute Gasteiger partial charge is 0.229 e. The topological polar surface area (TPSA) is 89.3 Å². The van der Waals surface area contributed by atoms with E-state index in [1.165, 1.54) is 19.1 Å². The number of nitrogens with zero attached hydrogens (tertiary/aromatic N) is 2. The van der Waals surface area contributed by atoms with Crippen molar-refractivity contribution in [3.05, 3.63) is 47.3 Å². The molecule has 7 heteroatoms. The highest BCUT2D eigenvalue weighted by atomic mass is 31.2. The van der Waals surface area contributed by atoms with Gasteiger partial charge in [0.2, 0.25) is 7.37 Å². The number of nitriles is 1. The Bertz CT molecular complexity index is 933. The molecule has 1 aliphatic carbocycles. The number of rotatable bonds is 5. The lowest BCUT2D eigenvalue weighted by Gasteiger charge is -2.18. The summed E-state index contributed by atoms with van der Waals surface area (Å²) < 4.78 is 24.0. The van der Waals surface area contributed by atoms with Crippen LogP contribution in [0.1, 0.15) is 34.8 Å². The van der Waals surface area contributed by atoms with Gasteiger partial charge in [-0.3, -0.25) is 14.3 Å². The molecule has 1 atom stereocenters. The van der Waals surface area contributed by atoms with Gasteiger partial charge in [0.15, 0.2) is 5.78 Å².